The van der Waals surface area contributed by atoms with Crippen molar-refractivity contribution >= 4 is 11.3 Å². The van der Waals surface area contributed by atoms with Crippen LogP contribution in [0, 0.1) is 0 Å². The molecule has 1 aliphatic rings. The fourth-order valence-corrected chi connectivity index (χ4v) is 2.40. The molecule has 0 aliphatic carbocycles. The maximum atomic E-state index is 13.0. The van der Waals surface area contributed by atoms with Gasteiger partial charge < -0.3 is 9.84 Å². The van der Waals surface area contributed by atoms with Gasteiger partial charge in [0.05, 0.1) is 6.04 Å². The van der Waals surface area contributed by atoms with Crippen LogP contribution in [0.4, 0.5) is 4.39 Å². The lowest BCUT2D eigenvalue weighted by molar-refractivity contribution is 0.324. The van der Waals surface area contributed by atoms with Gasteiger partial charge in [0.15, 0.2) is 0 Å². The normalized spacial score (nSPS) is 25.1. The van der Waals surface area contributed by atoms with Crippen molar-refractivity contribution < 1.29 is 8.91 Å². The van der Waals surface area contributed by atoms with E-state index in [4.69, 9.17) is 4.52 Å². The molecule has 84 valence electrons. The molecule has 0 amide bonds. The van der Waals surface area contributed by atoms with Crippen LogP contribution in [0.3, 0.4) is 0 Å². The molecular formula is C10H10FN3OS. The fraction of sp³-hybridized carbons (Fsp3) is 0.400. The molecule has 3 heterocycles. The van der Waals surface area contributed by atoms with Gasteiger partial charge in [-0.2, -0.15) is 16.3 Å². The minimum Gasteiger partial charge on any atom is -0.337 e. The Bertz CT molecular complexity index is 470. The Kier molecular flexibility index (Phi) is 2.45. The second kappa shape index (κ2) is 3.95. The maximum absolute atomic E-state index is 13.0. The quantitative estimate of drug-likeness (QED) is 0.872. The Balaban J connectivity index is 1.83. The summed E-state index contributed by atoms with van der Waals surface area (Å²) in [5.74, 6) is 1.04. The van der Waals surface area contributed by atoms with Crippen molar-refractivity contribution in [2.24, 2.45) is 0 Å². The summed E-state index contributed by atoms with van der Waals surface area (Å²) in [7, 11) is 0. The monoisotopic (exact) mass is 239 g/mol. The van der Waals surface area contributed by atoms with Gasteiger partial charge in [0.25, 0.3) is 0 Å². The molecule has 16 heavy (non-hydrogen) atoms. The predicted molar refractivity (Wildman–Crippen MR) is 57.9 cm³/mol. The molecular weight excluding hydrogens is 229 g/mol. The van der Waals surface area contributed by atoms with Crippen molar-refractivity contribution in [1.82, 2.24) is 15.5 Å². The van der Waals surface area contributed by atoms with E-state index in [1.807, 2.05) is 16.8 Å². The molecule has 1 fully saturated rings. The van der Waals surface area contributed by atoms with E-state index in [0.717, 1.165) is 5.56 Å². The van der Waals surface area contributed by atoms with Crippen LogP contribution >= 0.6 is 11.3 Å². The van der Waals surface area contributed by atoms with Gasteiger partial charge in [-0.05, 0) is 11.4 Å². The third-order valence-electron chi connectivity index (χ3n) is 2.60. The highest BCUT2D eigenvalue weighted by Crippen LogP contribution is 2.26. The molecule has 0 aromatic carbocycles. The van der Waals surface area contributed by atoms with Crippen LogP contribution in [0.25, 0.3) is 11.4 Å². The summed E-state index contributed by atoms with van der Waals surface area (Å²) in [6, 6.07) is 1.79. The Morgan fingerprint density at radius 2 is 2.50 bits per heavy atom. The maximum Gasteiger partial charge on any atom is 0.244 e. The number of hydrogen-bond donors (Lipinski definition) is 1. The summed E-state index contributed by atoms with van der Waals surface area (Å²) in [6.45, 7) is 0.362. The number of hydrogen-bond acceptors (Lipinski definition) is 5. The van der Waals surface area contributed by atoms with Gasteiger partial charge in [0, 0.05) is 23.9 Å². The summed E-state index contributed by atoms with van der Waals surface area (Å²) in [6.07, 6.45) is -0.410. The van der Waals surface area contributed by atoms with Crippen molar-refractivity contribution in [3.8, 4) is 11.4 Å². The van der Waals surface area contributed by atoms with Gasteiger partial charge in [0.2, 0.25) is 11.7 Å². The highest BCUT2D eigenvalue weighted by atomic mass is 32.1. The molecule has 2 aromatic rings. The van der Waals surface area contributed by atoms with E-state index in [-0.39, 0.29) is 6.04 Å². The molecule has 2 atom stereocenters. The predicted octanol–water partition coefficient (Wildman–Crippen LogP) is 2.17. The number of nitrogens with zero attached hydrogens (tertiary/aromatic N) is 2. The molecule has 3 rings (SSSR count). The van der Waals surface area contributed by atoms with E-state index < -0.39 is 6.17 Å². The number of aromatic nitrogens is 2. The van der Waals surface area contributed by atoms with Crippen molar-refractivity contribution in [2.75, 3.05) is 6.54 Å². The number of thiophene rings is 1. The van der Waals surface area contributed by atoms with E-state index in [1.54, 1.807) is 11.3 Å². The van der Waals surface area contributed by atoms with Crippen LogP contribution in [-0.4, -0.2) is 22.9 Å². The van der Waals surface area contributed by atoms with Crippen molar-refractivity contribution in [2.45, 2.75) is 18.6 Å². The third kappa shape index (κ3) is 1.74. The highest BCUT2D eigenvalue weighted by molar-refractivity contribution is 7.08. The second-order valence-corrected chi connectivity index (χ2v) is 4.54. The Morgan fingerprint density at radius 3 is 3.19 bits per heavy atom. The summed E-state index contributed by atoms with van der Waals surface area (Å²) in [5, 5.41) is 10.8. The second-order valence-electron chi connectivity index (χ2n) is 3.76. The van der Waals surface area contributed by atoms with Crippen LogP contribution in [0.15, 0.2) is 21.3 Å². The fourth-order valence-electron chi connectivity index (χ4n) is 1.77. The lowest BCUT2D eigenvalue weighted by Gasteiger charge is -2.00. The van der Waals surface area contributed by atoms with Crippen LogP contribution in [0.5, 0.6) is 0 Å². The minimum atomic E-state index is -0.818. The van der Waals surface area contributed by atoms with Gasteiger partial charge in [-0.15, -0.1) is 0 Å². The van der Waals surface area contributed by atoms with Gasteiger partial charge in [-0.25, -0.2) is 4.39 Å². The molecule has 0 radical (unpaired) electrons. The van der Waals surface area contributed by atoms with E-state index in [2.05, 4.69) is 15.5 Å². The average Bonchev–Trinajstić information content (AvgIpc) is 2.97. The van der Waals surface area contributed by atoms with E-state index >= 15 is 0 Å². The first-order valence-corrected chi connectivity index (χ1v) is 6.01. The SMILES string of the molecule is F[C@@H]1CN[C@H](c2nc(-c3ccsc3)no2)C1. The average molecular weight is 239 g/mol. The van der Waals surface area contributed by atoms with Gasteiger partial charge in [-0.1, -0.05) is 5.16 Å². The minimum absolute atomic E-state index is 0.144. The zero-order valence-electron chi connectivity index (χ0n) is 8.39. The standard InChI is InChI=1S/C10H10FN3OS/c11-7-3-8(12-4-7)10-13-9(14-15-10)6-1-2-16-5-6/h1-2,5,7-8,12H,3-4H2/t7-,8-/m0/s1. The molecule has 6 heteroatoms. The molecule has 0 saturated carbocycles. The molecule has 1 N–H and O–H groups in total. The Hall–Kier alpha value is -1.27. The van der Waals surface area contributed by atoms with Gasteiger partial charge in [-0.3, -0.25) is 0 Å². The van der Waals surface area contributed by atoms with Crippen molar-refractivity contribution in [3.63, 3.8) is 0 Å². The topological polar surface area (TPSA) is 51.0 Å². The van der Waals surface area contributed by atoms with Crippen molar-refractivity contribution in [1.29, 1.82) is 0 Å². The smallest absolute Gasteiger partial charge is 0.244 e. The molecule has 0 spiro atoms. The molecule has 0 bridgehead atoms. The zero-order chi connectivity index (χ0) is 11.0. The summed E-state index contributed by atoms with van der Waals surface area (Å²) < 4.78 is 18.1. The molecule has 4 nitrogen and oxygen atoms in total. The zero-order valence-corrected chi connectivity index (χ0v) is 9.21. The molecule has 1 saturated heterocycles. The first-order valence-electron chi connectivity index (χ1n) is 5.06. The Labute approximate surface area is 95.5 Å². The highest BCUT2D eigenvalue weighted by Gasteiger charge is 2.29. The number of alkyl halides is 1. The first kappa shape index (κ1) is 9.92. The molecule has 1 aliphatic heterocycles. The van der Waals surface area contributed by atoms with Crippen LogP contribution in [-0.2, 0) is 0 Å². The van der Waals surface area contributed by atoms with E-state index in [9.17, 15) is 4.39 Å². The van der Waals surface area contributed by atoms with Crippen LogP contribution in [0.1, 0.15) is 18.4 Å². The number of halogens is 1. The molecule has 2 aromatic heterocycles. The summed E-state index contributed by atoms with van der Waals surface area (Å²) in [4.78, 5) is 4.27. The first-order chi connectivity index (χ1) is 7.83. The van der Waals surface area contributed by atoms with Gasteiger partial charge >= 0.3 is 0 Å². The lowest BCUT2D eigenvalue weighted by atomic mass is 10.2. The number of rotatable bonds is 2. The van der Waals surface area contributed by atoms with Crippen molar-refractivity contribution in [3.05, 3.63) is 22.7 Å². The Morgan fingerprint density at radius 1 is 1.56 bits per heavy atom. The molecule has 0 unspecified atom stereocenters. The lowest BCUT2D eigenvalue weighted by Crippen LogP contribution is -2.14. The summed E-state index contributed by atoms with van der Waals surface area (Å²) in [5.41, 5.74) is 0.940. The summed E-state index contributed by atoms with van der Waals surface area (Å²) >= 11 is 1.58. The van der Waals surface area contributed by atoms with E-state index in [1.165, 1.54) is 0 Å². The van der Waals surface area contributed by atoms with E-state index in [0.29, 0.717) is 24.7 Å². The van der Waals surface area contributed by atoms with Gasteiger partial charge in [0.1, 0.15) is 6.17 Å². The van der Waals surface area contributed by atoms with Crippen LogP contribution in [0.2, 0.25) is 0 Å². The van der Waals surface area contributed by atoms with Crippen LogP contribution < -0.4 is 5.32 Å². The third-order valence-corrected chi connectivity index (χ3v) is 3.28. The number of nitrogens with one attached hydrogen (secondary N) is 1. The largest absolute Gasteiger partial charge is 0.337 e.